The second-order valence-electron chi connectivity index (χ2n) is 5.65. The fraction of sp³-hybridized carbons (Fsp3) is 0.375. The number of hydrogen-bond acceptors (Lipinski definition) is 7. The van der Waals surface area contributed by atoms with Gasteiger partial charge in [-0.25, -0.2) is 4.98 Å². The first kappa shape index (κ1) is 16.0. The molecular formula is C16H18N6O2. The quantitative estimate of drug-likeness (QED) is 0.895. The maximum Gasteiger partial charge on any atom is 0.239 e. The minimum atomic E-state index is -0.103. The second kappa shape index (κ2) is 7.10. The Bertz CT molecular complexity index is 741. The molecule has 0 spiro atoms. The summed E-state index contributed by atoms with van der Waals surface area (Å²) in [6.07, 6.45) is 1.58. The number of nitriles is 1. The zero-order chi connectivity index (χ0) is 16.9. The van der Waals surface area contributed by atoms with Crippen LogP contribution in [0.2, 0.25) is 0 Å². The molecule has 1 aliphatic heterocycles. The van der Waals surface area contributed by atoms with Gasteiger partial charge in [0.1, 0.15) is 17.6 Å². The van der Waals surface area contributed by atoms with E-state index >= 15 is 0 Å². The van der Waals surface area contributed by atoms with Crippen molar-refractivity contribution in [2.45, 2.75) is 6.92 Å². The van der Waals surface area contributed by atoms with Crippen LogP contribution in [0.5, 0.6) is 0 Å². The highest BCUT2D eigenvalue weighted by Crippen LogP contribution is 2.14. The Morgan fingerprint density at radius 2 is 2.17 bits per heavy atom. The molecule has 2 aromatic heterocycles. The van der Waals surface area contributed by atoms with Gasteiger partial charge in [-0.15, -0.1) is 0 Å². The molecular weight excluding hydrogens is 308 g/mol. The average molecular weight is 326 g/mol. The molecule has 124 valence electrons. The molecule has 8 heteroatoms. The first-order valence-electron chi connectivity index (χ1n) is 7.70. The van der Waals surface area contributed by atoms with Crippen molar-refractivity contribution in [3.8, 4) is 6.07 Å². The fourth-order valence-corrected chi connectivity index (χ4v) is 2.59. The molecule has 1 fully saturated rings. The number of amides is 1. The summed E-state index contributed by atoms with van der Waals surface area (Å²) in [5.74, 6) is 1.86. The van der Waals surface area contributed by atoms with E-state index in [0.29, 0.717) is 23.7 Å². The molecule has 24 heavy (non-hydrogen) atoms. The molecule has 3 heterocycles. The van der Waals surface area contributed by atoms with Crippen LogP contribution in [-0.2, 0) is 4.79 Å². The minimum absolute atomic E-state index is 0.103. The lowest BCUT2D eigenvalue weighted by Gasteiger charge is -2.34. The molecule has 0 aliphatic carbocycles. The summed E-state index contributed by atoms with van der Waals surface area (Å²) in [6, 6.07) is 7.37. The number of carbonyl (C=O) groups is 1. The van der Waals surface area contributed by atoms with Crippen molar-refractivity contribution in [3.63, 3.8) is 0 Å². The topological polar surface area (TPSA) is 98.3 Å². The lowest BCUT2D eigenvalue weighted by Crippen LogP contribution is -2.48. The molecule has 3 rings (SSSR count). The van der Waals surface area contributed by atoms with E-state index in [1.807, 2.05) is 6.07 Å². The third-order valence-electron chi connectivity index (χ3n) is 3.84. The lowest BCUT2D eigenvalue weighted by atomic mass is 10.2. The van der Waals surface area contributed by atoms with Gasteiger partial charge in [-0.05, 0) is 19.1 Å². The Labute approximate surface area is 139 Å². The van der Waals surface area contributed by atoms with Gasteiger partial charge >= 0.3 is 0 Å². The van der Waals surface area contributed by atoms with Crippen LogP contribution in [-0.4, -0.2) is 53.7 Å². The van der Waals surface area contributed by atoms with E-state index in [2.05, 4.69) is 31.3 Å². The number of nitrogens with zero attached hydrogens (tertiary/aromatic N) is 5. The van der Waals surface area contributed by atoms with Crippen LogP contribution >= 0.6 is 0 Å². The highest BCUT2D eigenvalue weighted by molar-refractivity contribution is 5.91. The van der Waals surface area contributed by atoms with Crippen LogP contribution in [0.4, 0.5) is 11.6 Å². The molecule has 0 unspecified atom stereocenters. The number of carbonyl (C=O) groups excluding carboxylic acids is 1. The number of aryl methyl sites for hydroxylation is 1. The molecule has 1 N–H and O–H groups in total. The van der Waals surface area contributed by atoms with E-state index in [-0.39, 0.29) is 5.91 Å². The van der Waals surface area contributed by atoms with Gasteiger partial charge in [0.05, 0.1) is 12.1 Å². The maximum absolute atomic E-state index is 12.0. The van der Waals surface area contributed by atoms with E-state index < -0.39 is 0 Å². The van der Waals surface area contributed by atoms with Crippen LogP contribution in [0.15, 0.2) is 28.9 Å². The molecule has 1 saturated heterocycles. The summed E-state index contributed by atoms with van der Waals surface area (Å²) < 4.78 is 4.92. The summed E-state index contributed by atoms with van der Waals surface area (Å²) in [5, 5.41) is 15.3. The Balaban J connectivity index is 1.47. The highest BCUT2D eigenvalue weighted by Gasteiger charge is 2.20. The van der Waals surface area contributed by atoms with Gasteiger partial charge in [0.15, 0.2) is 5.82 Å². The lowest BCUT2D eigenvalue weighted by molar-refractivity contribution is -0.117. The van der Waals surface area contributed by atoms with Gasteiger partial charge in [-0.2, -0.15) is 5.26 Å². The summed E-state index contributed by atoms with van der Waals surface area (Å²) in [7, 11) is 0. The summed E-state index contributed by atoms with van der Waals surface area (Å²) >= 11 is 0. The van der Waals surface area contributed by atoms with E-state index in [1.165, 1.54) is 0 Å². The van der Waals surface area contributed by atoms with Gasteiger partial charge in [-0.3, -0.25) is 9.69 Å². The van der Waals surface area contributed by atoms with Crippen molar-refractivity contribution in [2.75, 3.05) is 42.9 Å². The Morgan fingerprint density at radius 1 is 1.38 bits per heavy atom. The Kier molecular flexibility index (Phi) is 4.72. The largest absolute Gasteiger partial charge is 0.360 e. The first-order valence-corrected chi connectivity index (χ1v) is 7.70. The van der Waals surface area contributed by atoms with Crippen molar-refractivity contribution in [2.24, 2.45) is 0 Å². The van der Waals surface area contributed by atoms with Gasteiger partial charge < -0.3 is 14.7 Å². The summed E-state index contributed by atoms with van der Waals surface area (Å²) in [4.78, 5) is 20.6. The molecule has 1 amide bonds. The average Bonchev–Trinajstić information content (AvgIpc) is 3.00. The zero-order valence-corrected chi connectivity index (χ0v) is 13.4. The number of pyridine rings is 1. The molecule has 2 aromatic rings. The van der Waals surface area contributed by atoms with Crippen molar-refractivity contribution < 1.29 is 9.32 Å². The molecule has 0 radical (unpaired) electrons. The smallest absolute Gasteiger partial charge is 0.239 e. The first-order chi connectivity index (χ1) is 11.6. The van der Waals surface area contributed by atoms with Crippen molar-refractivity contribution >= 4 is 17.5 Å². The van der Waals surface area contributed by atoms with E-state index in [0.717, 1.165) is 32.0 Å². The standard InChI is InChI=1S/C16H18N6O2/c1-12-8-14(20-24-12)19-16(23)11-21-4-6-22(7-5-21)15-3-2-13(9-17)10-18-15/h2-3,8,10H,4-7,11H2,1H3,(H,19,20,23). The number of aromatic nitrogens is 2. The van der Waals surface area contributed by atoms with E-state index in [1.54, 1.807) is 25.3 Å². The van der Waals surface area contributed by atoms with Crippen LogP contribution < -0.4 is 10.2 Å². The maximum atomic E-state index is 12.0. The molecule has 0 atom stereocenters. The molecule has 0 aromatic carbocycles. The van der Waals surface area contributed by atoms with Crippen LogP contribution in [0.3, 0.4) is 0 Å². The third kappa shape index (κ3) is 3.88. The normalized spacial score (nSPS) is 15.1. The van der Waals surface area contributed by atoms with Crippen molar-refractivity contribution in [1.82, 2.24) is 15.0 Å². The van der Waals surface area contributed by atoms with Crippen LogP contribution in [0, 0.1) is 18.3 Å². The molecule has 0 saturated carbocycles. The predicted molar refractivity (Wildman–Crippen MR) is 87.5 cm³/mol. The number of rotatable bonds is 4. The number of anilines is 2. The second-order valence-corrected chi connectivity index (χ2v) is 5.65. The van der Waals surface area contributed by atoms with Gasteiger partial charge in [0.25, 0.3) is 0 Å². The number of hydrogen-bond donors (Lipinski definition) is 1. The van der Waals surface area contributed by atoms with Gasteiger partial charge in [0, 0.05) is 38.4 Å². The number of nitrogens with one attached hydrogen (secondary N) is 1. The van der Waals surface area contributed by atoms with Crippen LogP contribution in [0.1, 0.15) is 11.3 Å². The molecule has 0 bridgehead atoms. The zero-order valence-electron chi connectivity index (χ0n) is 13.4. The minimum Gasteiger partial charge on any atom is -0.360 e. The van der Waals surface area contributed by atoms with Gasteiger partial charge in [-0.1, -0.05) is 5.16 Å². The Morgan fingerprint density at radius 3 is 2.75 bits per heavy atom. The Hall–Kier alpha value is -2.92. The highest BCUT2D eigenvalue weighted by atomic mass is 16.5. The number of piperazine rings is 1. The summed E-state index contributed by atoms with van der Waals surface area (Å²) in [6.45, 7) is 5.21. The predicted octanol–water partition coefficient (Wildman–Crippen LogP) is 1.01. The SMILES string of the molecule is Cc1cc(NC(=O)CN2CCN(c3ccc(C#N)cn3)CC2)no1. The monoisotopic (exact) mass is 326 g/mol. The van der Waals surface area contributed by atoms with Crippen molar-refractivity contribution in [3.05, 3.63) is 35.7 Å². The van der Waals surface area contributed by atoms with Crippen LogP contribution in [0.25, 0.3) is 0 Å². The third-order valence-corrected chi connectivity index (χ3v) is 3.84. The fourth-order valence-electron chi connectivity index (χ4n) is 2.59. The van der Waals surface area contributed by atoms with Gasteiger partial charge in [0.2, 0.25) is 5.91 Å². The molecule has 8 nitrogen and oxygen atoms in total. The van der Waals surface area contributed by atoms with Crippen molar-refractivity contribution in [1.29, 1.82) is 5.26 Å². The summed E-state index contributed by atoms with van der Waals surface area (Å²) in [5.41, 5.74) is 0.553. The van der Waals surface area contributed by atoms with E-state index in [9.17, 15) is 4.79 Å². The molecule has 1 aliphatic rings. The van der Waals surface area contributed by atoms with E-state index in [4.69, 9.17) is 9.78 Å².